The van der Waals surface area contributed by atoms with E-state index in [-0.39, 0.29) is 13.2 Å². The summed E-state index contributed by atoms with van der Waals surface area (Å²) in [5, 5.41) is 0. The molecule has 0 heterocycles. The van der Waals surface area contributed by atoms with Gasteiger partial charge < -0.3 is 14.2 Å². The number of carbonyl (C=O) groups excluding carboxylic acids is 2. The zero-order valence-corrected chi connectivity index (χ0v) is 13.6. The first-order chi connectivity index (χ1) is 11.5. The van der Waals surface area contributed by atoms with Gasteiger partial charge in [-0.1, -0.05) is 6.92 Å². The van der Waals surface area contributed by atoms with Crippen LogP contribution in [0.4, 0.5) is 22.0 Å². The van der Waals surface area contributed by atoms with Gasteiger partial charge in [0.05, 0.1) is 19.6 Å². The molecule has 0 saturated carbocycles. The molecule has 0 spiro atoms. The summed E-state index contributed by atoms with van der Waals surface area (Å²) in [7, 11) is 1.29. The third-order valence-electron chi connectivity index (χ3n) is 3.07. The van der Waals surface area contributed by atoms with E-state index in [4.69, 9.17) is 9.47 Å². The van der Waals surface area contributed by atoms with Crippen LogP contribution < -0.4 is 4.74 Å². The summed E-state index contributed by atoms with van der Waals surface area (Å²) in [5.41, 5.74) is -1.14. The third-order valence-corrected chi connectivity index (χ3v) is 3.07. The Bertz CT molecular complexity index is 650. The van der Waals surface area contributed by atoms with Crippen LogP contribution in [0.15, 0.2) is 0 Å². The number of hydrogen-bond acceptors (Lipinski definition) is 5. The van der Waals surface area contributed by atoms with Gasteiger partial charge in [-0.3, -0.25) is 9.59 Å². The Morgan fingerprint density at radius 1 is 0.920 bits per heavy atom. The highest BCUT2D eigenvalue weighted by Crippen LogP contribution is 2.31. The second-order valence-corrected chi connectivity index (χ2v) is 5.57. The van der Waals surface area contributed by atoms with Gasteiger partial charge in [0.15, 0.2) is 0 Å². The van der Waals surface area contributed by atoms with E-state index in [1.807, 2.05) is 0 Å². The molecule has 0 saturated heterocycles. The lowest BCUT2D eigenvalue weighted by Crippen LogP contribution is -2.33. The Hall–Kier alpha value is -2.23. The summed E-state index contributed by atoms with van der Waals surface area (Å²) in [6.45, 7) is 2.18. The molecular weight excluding hydrogens is 355 g/mol. The molecule has 1 rings (SSSR count). The van der Waals surface area contributed by atoms with Crippen molar-refractivity contribution in [1.29, 1.82) is 0 Å². The van der Waals surface area contributed by atoms with E-state index in [1.54, 1.807) is 0 Å². The van der Waals surface area contributed by atoms with Crippen molar-refractivity contribution >= 4 is 11.9 Å². The molecule has 0 aliphatic carbocycles. The fourth-order valence-corrected chi connectivity index (χ4v) is 1.94. The molecule has 1 aromatic rings. The summed E-state index contributed by atoms with van der Waals surface area (Å²) in [5.74, 6) is -15.0. The first kappa shape index (κ1) is 20.8. The van der Waals surface area contributed by atoms with Gasteiger partial charge in [0.2, 0.25) is 34.8 Å². The second kappa shape index (κ2) is 8.24. The molecule has 0 N–H and O–H groups in total. The average Bonchev–Trinajstić information content (AvgIpc) is 2.53. The van der Waals surface area contributed by atoms with Gasteiger partial charge in [-0.05, 0) is 0 Å². The van der Waals surface area contributed by atoms with Crippen molar-refractivity contribution < 1.29 is 45.8 Å². The monoisotopic (exact) mass is 370 g/mol. The zero-order valence-electron chi connectivity index (χ0n) is 13.6. The molecule has 1 unspecified atom stereocenters. The molecular formula is C15H15F5O5. The molecule has 0 aromatic heterocycles. The van der Waals surface area contributed by atoms with E-state index >= 15 is 0 Å². The maximum Gasteiger partial charge on any atom is 0.312 e. The van der Waals surface area contributed by atoms with Crippen molar-refractivity contribution in [3.05, 3.63) is 29.1 Å². The Morgan fingerprint density at radius 2 is 1.40 bits per heavy atom. The van der Waals surface area contributed by atoms with E-state index in [0.29, 0.717) is 0 Å². The molecule has 0 aliphatic rings. The number of hydrogen-bond donors (Lipinski definition) is 0. The molecule has 10 heteroatoms. The number of carbonyl (C=O) groups is 2. The van der Waals surface area contributed by atoms with Gasteiger partial charge in [-0.2, -0.15) is 8.78 Å². The van der Waals surface area contributed by atoms with Gasteiger partial charge in [0.1, 0.15) is 0 Å². The molecule has 1 atom stereocenters. The molecule has 0 fully saturated rings. The standard InChI is InChI=1S/C15H15F5O5/c1-7(21)24-6-15(2,5-23-3)4-8(22)25-14-12(19)10(17)9(16)11(18)13(14)20/h4-6H2,1-3H3. The summed E-state index contributed by atoms with van der Waals surface area (Å²) in [4.78, 5) is 22.7. The van der Waals surface area contributed by atoms with Gasteiger partial charge in [0, 0.05) is 19.4 Å². The predicted molar refractivity (Wildman–Crippen MR) is 73.1 cm³/mol. The Kier molecular flexibility index (Phi) is 6.86. The number of benzene rings is 1. The number of halogens is 5. The van der Waals surface area contributed by atoms with Crippen molar-refractivity contribution in [3.63, 3.8) is 0 Å². The highest BCUT2D eigenvalue weighted by Gasteiger charge is 2.33. The first-order valence-corrected chi connectivity index (χ1v) is 6.87. The van der Waals surface area contributed by atoms with Crippen LogP contribution >= 0.6 is 0 Å². The first-order valence-electron chi connectivity index (χ1n) is 6.87. The van der Waals surface area contributed by atoms with Gasteiger partial charge in [-0.25, -0.2) is 13.2 Å². The zero-order chi connectivity index (χ0) is 19.4. The Balaban J connectivity index is 3.00. The molecule has 140 valence electrons. The van der Waals surface area contributed by atoms with Crippen LogP contribution in [0.2, 0.25) is 0 Å². The number of rotatable bonds is 7. The minimum Gasteiger partial charge on any atom is -0.465 e. The summed E-state index contributed by atoms with van der Waals surface area (Å²) >= 11 is 0. The van der Waals surface area contributed by atoms with Crippen molar-refractivity contribution in [1.82, 2.24) is 0 Å². The third kappa shape index (κ3) is 5.12. The Labute approximate surface area is 139 Å². The van der Waals surface area contributed by atoms with Crippen LogP contribution in [0.1, 0.15) is 20.3 Å². The largest absolute Gasteiger partial charge is 0.465 e. The molecule has 5 nitrogen and oxygen atoms in total. The topological polar surface area (TPSA) is 61.8 Å². The summed E-state index contributed by atoms with van der Waals surface area (Å²) in [6.07, 6.45) is -0.576. The molecule has 0 amide bonds. The van der Waals surface area contributed by atoms with E-state index in [9.17, 15) is 31.5 Å². The molecule has 25 heavy (non-hydrogen) atoms. The molecule has 1 aromatic carbocycles. The quantitative estimate of drug-likeness (QED) is 0.243. The van der Waals surface area contributed by atoms with E-state index in [2.05, 4.69) is 4.74 Å². The minimum absolute atomic E-state index is 0.105. The van der Waals surface area contributed by atoms with Crippen LogP contribution in [-0.4, -0.2) is 32.3 Å². The van der Waals surface area contributed by atoms with Crippen LogP contribution in [0.25, 0.3) is 0 Å². The van der Waals surface area contributed by atoms with Crippen molar-refractivity contribution in [3.8, 4) is 5.75 Å². The number of esters is 2. The predicted octanol–water partition coefficient (Wildman–Crippen LogP) is 2.89. The normalized spacial score (nSPS) is 13.3. The number of ether oxygens (including phenoxy) is 3. The highest BCUT2D eigenvalue weighted by molar-refractivity contribution is 5.73. The van der Waals surface area contributed by atoms with Gasteiger partial charge in [0.25, 0.3) is 0 Å². The smallest absolute Gasteiger partial charge is 0.312 e. The molecule has 0 radical (unpaired) electrons. The van der Waals surface area contributed by atoms with Gasteiger partial charge in [-0.15, -0.1) is 0 Å². The minimum atomic E-state index is -2.37. The van der Waals surface area contributed by atoms with Crippen LogP contribution in [0, 0.1) is 34.5 Å². The second-order valence-electron chi connectivity index (χ2n) is 5.57. The van der Waals surface area contributed by atoms with E-state index in [0.717, 1.165) is 6.92 Å². The Morgan fingerprint density at radius 3 is 1.84 bits per heavy atom. The molecule has 0 aliphatic heterocycles. The van der Waals surface area contributed by atoms with Crippen LogP contribution in [-0.2, 0) is 19.1 Å². The van der Waals surface area contributed by atoms with Gasteiger partial charge >= 0.3 is 11.9 Å². The lowest BCUT2D eigenvalue weighted by molar-refractivity contribution is -0.150. The SMILES string of the molecule is COCC(C)(COC(C)=O)CC(=O)Oc1c(F)c(F)c(F)c(F)c1F. The van der Waals surface area contributed by atoms with E-state index in [1.165, 1.54) is 14.0 Å². The maximum atomic E-state index is 13.5. The average molecular weight is 370 g/mol. The number of methoxy groups -OCH3 is 1. The summed E-state index contributed by atoms with van der Waals surface area (Å²) < 4.78 is 80.1. The van der Waals surface area contributed by atoms with Crippen molar-refractivity contribution in [2.45, 2.75) is 20.3 Å². The lowest BCUT2D eigenvalue weighted by atomic mass is 9.89. The molecule has 0 bridgehead atoms. The van der Waals surface area contributed by atoms with Crippen LogP contribution in [0.3, 0.4) is 0 Å². The van der Waals surface area contributed by atoms with Crippen LogP contribution in [0.5, 0.6) is 5.75 Å². The van der Waals surface area contributed by atoms with E-state index < -0.39 is 58.6 Å². The van der Waals surface area contributed by atoms with Crippen molar-refractivity contribution in [2.75, 3.05) is 20.3 Å². The fourth-order valence-electron chi connectivity index (χ4n) is 1.94. The van der Waals surface area contributed by atoms with Crippen molar-refractivity contribution in [2.24, 2.45) is 5.41 Å². The maximum absolute atomic E-state index is 13.5. The fraction of sp³-hybridized carbons (Fsp3) is 0.467. The summed E-state index contributed by atoms with van der Waals surface area (Å²) in [6, 6.07) is 0. The lowest BCUT2D eigenvalue weighted by Gasteiger charge is -2.26. The highest BCUT2D eigenvalue weighted by atomic mass is 19.2.